The molecule has 0 aliphatic rings. The Kier molecular flexibility index (Phi) is 6.74. The Balaban J connectivity index is 1.79. The molecule has 2 aromatic heterocycles. The Bertz CT molecular complexity index is 965. The van der Waals surface area contributed by atoms with Gasteiger partial charge in [0.2, 0.25) is 0 Å². The van der Waals surface area contributed by atoms with E-state index in [9.17, 15) is 5.26 Å². The second kappa shape index (κ2) is 9.24. The van der Waals surface area contributed by atoms with Gasteiger partial charge >= 0.3 is 0 Å². The van der Waals surface area contributed by atoms with Gasteiger partial charge in [-0.15, -0.1) is 0 Å². The molecular formula is C23H28ClN3. The molecule has 0 aliphatic carbocycles. The Morgan fingerprint density at radius 3 is 2.48 bits per heavy atom. The number of rotatable bonds is 9. The summed E-state index contributed by atoms with van der Waals surface area (Å²) in [6.45, 7) is 4.26. The van der Waals surface area contributed by atoms with Crippen molar-refractivity contribution >= 4 is 28.3 Å². The normalized spacial score (nSPS) is 11.3. The Hall–Kier alpha value is -2.05. The van der Waals surface area contributed by atoms with Gasteiger partial charge < -0.3 is 0 Å². The lowest BCUT2D eigenvalue weighted by Gasteiger charge is -2.12. The van der Waals surface area contributed by atoms with Crippen LogP contribution >= 0.6 is 11.6 Å². The molecule has 0 atom stereocenters. The number of nitrogens with zero attached hydrogens (tertiary/aromatic N) is 3. The second-order valence-corrected chi connectivity index (χ2v) is 7.75. The molecule has 0 bridgehead atoms. The van der Waals surface area contributed by atoms with E-state index in [0.29, 0.717) is 11.1 Å². The second-order valence-electron chi connectivity index (χ2n) is 7.37. The fourth-order valence-electron chi connectivity index (χ4n) is 3.89. The molecular weight excluding hydrogens is 354 g/mol. The molecule has 27 heavy (non-hydrogen) atoms. The SMILES string of the molecule is CCCCCCCCCCc1c(C)c(C#N)c2nc3ccccn3c2c1Cl. The molecule has 142 valence electrons. The molecule has 0 saturated heterocycles. The summed E-state index contributed by atoms with van der Waals surface area (Å²) in [7, 11) is 0. The van der Waals surface area contributed by atoms with E-state index in [1.807, 2.05) is 35.7 Å². The van der Waals surface area contributed by atoms with Gasteiger partial charge in [0.05, 0.1) is 16.1 Å². The molecule has 3 nitrogen and oxygen atoms in total. The quantitative estimate of drug-likeness (QED) is 0.374. The first-order valence-electron chi connectivity index (χ1n) is 10.2. The average Bonchev–Trinajstić information content (AvgIpc) is 3.06. The summed E-state index contributed by atoms with van der Waals surface area (Å²) in [6, 6.07) is 8.23. The number of nitriles is 1. The topological polar surface area (TPSA) is 41.1 Å². The van der Waals surface area contributed by atoms with Gasteiger partial charge in [-0.1, -0.05) is 69.5 Å². The summed E-state index contributed by atoms with van der Waals surface area (Å²) in [5.41, 5.74) is 5.16. The number of benzene rings is 1. The fourth-order valence-corrected chi connectivity index (χ4v) is 4.30. The maximum Gasteiger partial charge on any atom is 0.138 e. The van der Waals surface area contributed by atoms with Crippen LogP contribution in [-0.4, -0.2) is 9.38 Å². The summed E-state index contributed by atoms with van der Waals surface area (Å²) in [6.07, 6.45) is 13.2. The third-order valence-electron chi connectivity index (χ3n) is 5.46. The van der Waals surface area contributed by atoms with Crippen LogP contribution < -0.4 is 0 Å². The molecule has 3 rings (SSSR count). The number of halogens is 1. The monoisotopic (exact) mass is 381 g/mol. The molecule has 1 aromatic carbocycles. The van der Waals surface area contributed by atoms with Crippen LogP contribution in [0.2, 0.25) is 5.02 Å². The highest BCUT2D eigenvalue weighted by atomic mass is 35.5. The largest absolute Gasteiger partial charge is 0.298 e. The Morgan fingerprint density at radius 1 is 1.07 bits per heavy atom. The maximum absolute atomic E-state index is 9.73. The summed E-state index contributed by atoms with van der Waals surface area (Å²) in [5.74, 6) is 0. The van der Waals surface area contributed by atoms with Crippen molar-refractivity contribution in [1.29, 1.82) is 5.26 Å². The molecule has 0 unspecified atom stereocenters. The Labute approximate surface area is 167 Å². The van der Waals surface area contributed by atoms with Crippen molar-refractivity contribution in [1.82, 2.24) is 9.38 Å². The molecule has 3 aromatic rings. The van der Waals surface area contributed by atoms with E-state index in [1.165, 1.54) is 44.9 Å². The first-order chi connectivity index (χ1) is 13.2. The summed E-state index contributed by atoms with van der Waals surface area (Å²) in [5, 5.41) is 10.5. The lowest BCUT2D eigenvalue weighted by molar-refractivity contribution is 0.575. The van der Waals surface area contributed by atoms with Crippen molar-refractivity contribution in [3.8, 4) is 6.07 Å². The van der Waals surface area contributed by atoms with E-state index in [2.05, 4.69) is 18.0 Å². The summed E-state index contributed by atoms with van der Waals surface area (Å²) >= 11 is 6.82. The lowest BCUT2D eigenvalue weighted by Crippen LogP contribution is -1.98. The Morgan fingerprint density at radius 2 is 1.78 bits per heavy atom. The van der Waals surface area contributed by atoms with Gasteiger partial charge in [-0.2, -0.15) is 5.26 Å². The van der Waals surface area contributed by atoms with Crippen LogP contribution in [0, 0.1) is 18.3 Å². The molecule has 0 amide bonds. The van der Waals surface area contributed by atoms with Crippen LogP contribution in [0.1, 0.15) is 75.0 Å². The van der Waals surface area contributed by atoms with Gasteiger partial charge in [0.15, 0.2) is 0 Å². The number of hydrogen-bond donors (Lipinski definition) is 0. The minimum absolute atomic E-state index is 0.660. The van der Waals surface area contributed by atoms with Crippen LogP contribution in [0.4, 0.5) is 0 Å². The maximum atomic E-state index is 9.73. The standard InChI is InChI=1S/C23H28ClN3/c1-3-4-5-6-7-8-9-10-13-18-17(2)19(16-25)22-23(21(18)24)27-15-12-11-14-20(27)26-22/h11-12,14-15H,3-10,13H2,1-2H3. The van der Waals surface area contributed by atoms with Gasteiger partial charge in [-0.3, -0.25) is 4.40 Å². The number of pyridine rings is 1. The summed E-state index contributed by atoms with van der Waals surface area (Å²) in [4.78, 5) is 4.65. The van der Waals surface area contributed by atoms with E-state index in [1.54, 1.807) is 0 Å². The smallest absolute Gasteiger partial charge is 0.138 e. The van der Waals surface area contributed by atoms with E-state index in [4.69, 9.17) is 11.6 Å². The van der Waals surface area contributed by atoms with Crippen molar-refractivity contribution in [2.75, 3.05) is 0 Å². The van der Waals surface area contributed by atoms with Crippen LogP contribution in [0.5, 0.6) is 0 Å². The van der Waals surface area contributed by atoms with E-state index >= 15 is 0 Å². The number of aromatic nitrogens is 2. The minimum Gasteiger partial charge on any atom is -0.298 e. The van der Waals surface area contributed by atoms with Crippen molar-refractivity contribution in [3.05, 3.63) is 46.1 Å². The third-order valence-corrected chi connectivity index (χ3v) is 5.87. The molecule has 0 fully saturated rings. The fraction of sp³-hybridized carbons (Fsp3) is 0.478. The zero-order valence-corrected chi connectivity index (χ0v) is 17.1. The molecule has 0 N–H and O–H groups in total. The third kappa shape index (κ3) is 4.12. The highest BCUT2D eigenvalue weighted by molar-refractivity contribution is 6.36. The summed E-state index contributed by atoms with van der Waals surface area (Å²) < 4.78 is 2.00. The number of hydrogen-bond acceptors (Lipinski definition) is 2. The van der Waals surface area contributed by atoms with Crippen molar-refractivity contribution in [3.63, 3.8) is 0 Å². The van der Waals surface area contributed by atoms with Gasteiger partial charge in [-0.05, 0) is 43.0 Å². The van der Waals surface area contributed by atoms with Gasteiger partial charge in [0.1, 0.15) is 17.2 Å². The van der Waals surface area contributed by atoms with Crippen molar-refractivity contribution in [2.45, 2.75) is 71.6 Å². The van der Waals surface area contributed by atoms with Crippen LogP contribution in [0.25, 0.3) is 16.7 Å². The van der Waals surface area contributed by atoms with Crippen LogP contribution in [0.3, 0.4) is 0 Å². The predicted octanol–water partition coefficient (Wildman–Crippen LogP) is 7.00. The van der Waals surface area contributed by atoms with Crippen LogP contribution in [0.15, 0.2) is 24.4 Å². The minimum atomic E-state index is 0.660. The molecule has 0 radical (unpaired) electrons. The predicted molar refractivity (Wildman–Crippen MR) is 113 cm³/mol. The van der Waals surface area contributed by atoms with Crippen molar-refractivity contribution in [2.24, 2.45) is 0 Å². The van der Waals surface area contributed by atoms with Crippen molar-refractivity contribution < 1.29 is 0 Å². The highest BCUT2D eigenvalue weighted by Crippen LogP contribution is 2.35. The van der Waals surface area contributed by atoms with E-state index in [-0.39, 0.29) is 0 Å². The zero-order chi connectivity index (χ0) is 19.2. The average molecular weight is 382 g/mol. The molecule has 0 saturated carbocycles. The molecule has 2 heterocycles. The lowest BCUT2D eigenvalue weighted by atomic mass is 9.96. The number of unbranched alkanes of at least 4 members (excludes halogenated alkanes) is 7. The number of fused-ring (bicyclic) bond motifs is 3. The zero-order valence-electron chi connectivity index (χ0n) is 16.4. The van der Waals surface area contributed by atoms with E-state index < -0.39 is 0 Å². The first kappa shape index (κ1) is 19.7. The van der Waals surface area contributed by atoms with Gasteiger partial charge in [0, 0.05) is 6.20 Å². The highest BCUT2D eigenvalue weighted by Gasteiger charge is 2.19. The number of imidazole rings is 1. The molecule has 0 aliphatic heterocycles. The van der Waals surface area contributed by atoms with Crippen LogP contribution in [-0.2, 0) is 6.42 Å². The van der Waals surface area contributed by atoms with E-state index in [0.717, 1.165) is 40.2 Å². The van der Waals surface area contributed by atoms with Gasteiger partial charge in [-0.25, -0.2) is 4.98 Å². The molecule has 0 spiro atoms. The molecule has 4 heteroatoms. The van der Waals surface area contributed by atoms with Gasteiger partial charge in [0.25, 0.3) is 0 Å². The first-order valence-corrected chi connectivity index (χ1v) is 10.5.